The van der Waals surface area contributed by atoms with Crippen molar-refractivity contribution in [1.29, 1.82) is 0 Å². The van der Waals surface area contributed by atoms with Crippen LogP contribution in [-0.4, -0.2) is 33.9 Å². The van der Waals surface area contributed by atoms with Crippen LogP contribution in [0.25, 0.3) is 10.9 Å². The Kier molecular flexibility index (Phi) is 4.69. The summed E-state index contributed by atoms with van der Waals surface area (Å²) in [7, 11) is 0. The second kappa shape index (κ2) is 7.28. The lowest BCUT2D eigenvalue weighted by atomic mass is 9.91. The number of carbonyl (C=O) groups excluding carboxylic acids is 1. The molecule has 26 heavy (non-hydrogen) atoms. The number of carbonyl (C=O) groups is 1. The number of hydrogen-bond donors (Lipinski definition) is 0. The van der Waals surface area contributed by atoms with Gasteiger partial charge in [0.1, 0.15) is 5.76 Å². The highest BCUT2D eigenvalue weighted by atomic mass is 16.3. The van der Waals surface area contributed by atoms with E-state index in [1.807, 2.05) is 17.2 Å². The van der Waals surface area contributed by atoms with E-state index in [4.69, 9.17) is 4.42 Å². The molecule has 4 rings (SSSR count). The lowest BCUT2D eigenvalue weighted by Gasteiger charge is -2.20. The molecule has 3 aromatic rings. The highest BCUT2D eigenvalue weighted by Crippen LogP contribution is 2.26. The minimum absolute atomic E-state index is 0.0104. The summed E-state index contributed by atoms with van der Waals surface area (Å²) in [6.07, 6.45) is 7.37. The molecule has 5 heteroatoms. The maximum atomic E-state index is 12.7. The average molecular weight is 349 g/mol. The molecular formula is C21H23N3O2. The van der Waals surface area contributed by atoms with Crippen molar-refractivity contribution in [1.82, 2.24) is 14.9 Å². The van der Waals surface area contributed by atoms with E-state index >= 15 is 0 Å². The molecular weight excluding hydrogens is 326 g/mol. The summed E-state index contributed by atoms with van der Waals surface area (Å²) in [5.41, 5.74) is 2.85. The fourth-order valence-corrected chi connectivity index (χ4v) is 3.88. The van der Waals surface area contributed by atoms with E-state index in [1.54, 1.807) is 6.92 Å². The standard InChI is InChI=1S/C21H23N3O2/c1-15-19(23-14-26-15)21(25)24-11-4-5-16(9-12-24)13-18-7-2-6-17-8-3-10-22-20(17)18/h2-3,6-8,10,14,16H,4-5,9,11-13H2,1H3/t16-/m0/s1. The van der Waals surface area contributed by atoms with Gasteiger partial charge < -0.3 is 9.32 Å². The van der Waals surface area contributed by atoms with Crippen molar-refractivity contribution in [2.75, 3.05) is 13.1 Å². The number of aryl methyl sites for hydroxylation is 1. The number of para-hydroxylation sites is 1. The topological polar surface area (TPSA) is 59.2 Å². The number of aromatic nitrogens is 2. The quantitative estimate of drug-likeness (QED) is 0.717. The smallest absolute Gasteiger partial charge is 0.276 e. The van der Waals surface area contributed by atoms with Crippen LogP contribution in [-0.2, 0) is 6.42 Å². The molecule has 1 saturated heterocycles. The van der Waals surface area contributed by atoms with Gasteiger partial charge in [-0.1, -0.05) is 24.3 Å². The van der Waals surface area contributed by atoms with Gasteiger partial charge in [0.2, 0.25) is 0 Å². The van der Waals surface area contributed by atoms with Gasteiger partial charge in [0.25, 0.3) is 5.91 Å². The molecule has 3 heterocycles. The monoisotopic (exact) mass is 349 g/mol. The third kappa shape index (κ3) is 3.34. The third-order valence-electron chi connectivity index (χ3n) is 5.31. The van der Waals surface area contributed by atoms with E-state index in [1.165, 1.54) is 17.3 Å². The van der Waals surface area contributed by atoms with Crippen molar-refractivity contribution >= 4 is 16.8 Å². The Bertz CT molecular complexity index is 913. The zero-order chi connectivity index (χ0) is 17.9. The maximum absolute atomic E-state index is 12.7. The average Bonchev–Trinajstić information content (AvgIpc) is 2.95. The van der Waals surface area contributed by atoms with Gasteiger partial charge in [-0.05, 0) is 50.2 Å². The molecule has 2 aromatic heterocycles. The van der Waals surface area contributed by atoms with Gasteiger partial charge in [0, 0.05) is 24.7 Å². The molecule has 1 aliphatic rings. The van der Waals surface area contributed by atoms with Crippen LogP contribution < -0.4 is 0 Å². The molecule has 5 nitrogen and oxygen atoms in total. The molecule has 1 atom stereocenters. The summed E-state index contributed by atoms with van der Waals surface area (Å²) in [6.45, 7) is 3.35. The van der Waals surface area contributed by atoms with E-state index in [9.17, 15) is 4.79 Å². The highest BCUT2D eigenvalue weighted by Gasteiger charge is 2.25. The number of rotatable bonds is 3. The van der Waals surface area contributed by atoms with Crippen LogP contribution in [0.5, 0.6) is 0 Å². The molecule has 0 aliphatic carbocycles. The molecule has 1 fully saturated rings. The Morgan fingerprint density at radius 3 is 2.92 bits per heavy atom. The Hall–Kier alpha value is -2.69. The first-order valence-corrected chi connectivity index (χ1v) is 9.24. The normalized spacial score (nSPS) is 18.0. The van der Waals surface area contributed by atoms with Gasteiger partial charge in [-0.25, -0.2) is 4.98 Å². The van der Waals surface area contributed by atoms with E-state index in [-0.39, 0.29) is 5.91 Å². The highest BCUT2D eigenvalue weighted by molar-refractivity contribution is 5.93. The van der Waals surface area contributed by atoms with E-state index in [2.05, 4.69) is 34.2 Å². The zero-order valence-corrected chi connectivity index (χ0v) is 15.0. The van der Waals surface area contributed by atoms with Crippen molar-refractivity contribution < 1.29 is 9.21 Å². The molecule has 134 valence electrons. The first-order chi connectivity index (χ1) is 12.7. The van der Waals surface area contributed by atoms with Crippen LogP contribution in [0.2, 0.25) is 0 Å². The molecule has 0 radical (unpaired) electrons. The summed E-state index contributed by atoms with van der Waals surface area (Å²) in [5, 5.41) is 1.19. The number of pyridine rings is 1. The number of hydrogen-bond acceptors (Lipinski definition) is 4. The van der Waals surface area contributed by atoms with Crippen molar-refractivity contribution in [3.05, 3.63) is 59.9 Å². The number of benzene rings is 1. The van der Waals surface area contributed by atoms with Crippen molar-refractivity contribution in [2.24, 2.45) is 5.92 Å². The van der Waals surface area contributed by atoms with Gasteiger partial charge in [0.15, 0.2) is 12.1 Å². The summed E-state index contributed by atoms with van der Waals surface area (Å²) in [4.78, 5) is 23.2. The van der Waals surface area contributed by atoms with Gasteiger partial charge in [0.05, 0.1) is 5.52 Å². The predicted molar refractivity (Wildman–Crippen MR) is 99.9 cm³/mol. The summed E-state index contributed by atoms with van der Waals surface area (Å²) < 4.78 is 5.18. The summed E-state index contributed by atoms with van der Waals surface area (Å²) in [5.74, 6) is 1.15. The lowest BCUT2D eigenvalue weighted by molar-refractivity contribution is 0.0753. The molecule has 0 unspecified atom stereocenters. The number of fused-ring (bicyclic) bond motifs is 1. The second-order valence-corrected chi connectivity index (χ2v) is 7.04. The molecule has 1 amide bonds. The fraction of sp³-hybridized carbons (Fsp3) is 0.381. The SMILES string of the molecule is Cc1ocnc1C(=O)N1CCC[C@H](Cc2cccc3cccnc23)CC1. The number of nitrogens with zero attached hydrogens (tertiary/aromatic N) is 3. The van der Waals surface area contributed by atoms with Crippen LogP contribution in [0, 0.1) is 12.8 Å². The van der Waals surface area contributed by atoms with Crippen molar-refractivity contribution in [3.8, 4) is 0 Å². The van der Waals surface area contributed by atoms with Crippen molar-refractivity contribution in [3.63, 3.8) is 0 Å². The maximum Gasteiger partial charge on any atom is 0.276 e. The molecule has 0 spiro atoms. The molecule has 1 aliphatic heterocycles. The van der Waals surface area contributed by atoms with Crippen LogP contribution >= 0.6 is 0 Å². The minimum Gasteiger partial charge on any atom is -0.448 e. The van der Waals surface area contributed by atoms with Crippen LogP contribution in [0.15, 0.2) is 47.3 Å². The lowest BCUT2D eigenvalue weighted by Crippen LogP contribution is -2.32. The number of oxazole rings is 1. The zero-order valence-electron chi connectivity index (χ0n) is 15.0. The first-order valence-electron chi connectivity index (χ1n) is 9.24. The van der Waals surface area contributed by atoms with Gasteiger partial charge >= 0.3 is 0 Å². The first kappa shape index (κ1) is 16.8. The Balaban J connectivity index is 1.45. The molecule has 1 aromatic carbocycles. The molecule has 0 N–H and O–H groups in total. The largest absolute Gasteiger partial charge is 0.448 e. The number of amides is 1. The van der Waals surface area contributed by atoms with Crippen LogP contribution in [0.1, 0.15) is 41.1 Å². The molecule has 0 saturated carbocycles. The van der Waals surface area contributed by atoms with Crippen LogP contribution in [0.3, 0.4) is 0 Å². The summed E-state index contributed by atoms with van der Waals surface area (Å²) in [6, 6.07) is 10.5. The predicted octanol–water partition coefficient (Wildman–Crippen LogP) is 4.02. The van der Waals surface area contributed by atoms with E-state index in [0.717, 1.165) is 44.3 Å². The van der Waals surface area contributed by atoms with Gasteiger partial charge in [-0.2, -0.15) is 0 Å². The molecule has 0 bridgehead atoms. The minimum atomic E-state index is -0.0104. The Morgan fingerprint density at radius 1 is 1.19 bits per heavy atom. The van der Waals surface area contributed by atoms with Gasteiger partial charge in [-0.3, -0.25) is 9.78 Å². The van der Waals surface area contributed by atoms with Crippen LogP contribution in [0.4, 0.5) is 0 Å². The Labute approximate surface area is 153 Å². The van der Waals surface area contributed by atoms with Gasteiger partial charge in [-0.15, -0.1) is 0 Å². The summed E-state index contributed by atoms with van der Waals surface area (Å²) >= 11 is 0. The second-order valence-electron chi connectivity index (χ2n) is 7.04. The van der Waals surface area contributed by atoms with E-state index < -0.39 is 0 Å². The number of likely N-dealkylation sites (tertiary alicyclic amines) is 1. The third-order valence-corrected chi connectivity index (χ3v) is 5.31. The van der Waals surface area contributed by atoms with E-state index in [0.29, 0.717) is 17.4 Å². The van der Waals surface area contributed by atoms with Crippen molar-refractivity contribution in [2.45, 2.75) is 32.6 Å². The Morgan fingerprint density at radius 2 is 2.08 bits per heavy atom. The fourth-order valence-electron chi connectivity index (χ4n) is 3.88.